The first kappa shape index (κ1) is 13.6. The van der Waals surface area contributed by atoms with E-state index in [2.05, 4.69) is 0 Å². The maximum atomic E-state index is 12.2. The second kappa shape index (κ2) is 6.41. The van der Waals surface area contributed by atoms with E-state index in [1.807, 2.05) is 60.7 Å². The Morgan fingerprint density at radius 1 is 0.947 bits per heavy atom. The topological polar surface area (TPSA) is 60.0 Å². The Kier molecular flexibility index (Phi) is 4.60. The van der Waals surface area contributed by atoms with Crippen LogP contribution in [0, 0.1) is 0 Å². The summed E-state index contributed by atoms with van der Waals surface area (Å²) >= 11 is -1.55. The van der Waals surface area contributed by atoms with Gasteiger partial charge in [-0.2, -0.15) is 0 Å². The first-order valence-electron chi connectivity index (χ1n) is 5.85. The molecule has 97 valence electrons. The molecule has 2 aromatic rings. The third-order valence-electron chi connectivity index (χ3n) is 2.73. The Labute approximate surface area is 115 Å². The van der Waals surface area contributed by atoms with Gasteiger partial charge in [0.15, 0.2) is 5.25 Å². The second-order valence-corrected chi connectivity index (χ2v) is 5.62. The molecule has 0 fully saturated rings. The average molecular weight is 273 g/mol. The van der Waals surface area contributed by atoms with Crippen molar-refractivity contribution in [2.45, 2.75) is 5.25 Å². The van der Waals surface area contributed by atoms with Crippen LogP contribution in [-0.2, 0) is 21.1 Å². The molecule has 0 N–H and O–H groups in total. The van der Waals surface area contributed by atoms with Crippen molar-refractivity contribution < 1.29 is 14.5 Å². The monoisotopic (exact) mass is 273 g/mol. The predicted molar refractivity (Wildman–Crippen MR) is 73.4 cm³/mol. The summed E-state index contributed by atoms with van der Waals surface area (Å²) in [5.41, 5.74) is 1.68. The number of hydrogen-bond acceptors (Lipinski definition) is 2. The van der Waals surface area contributed by atoms with Crippen LogP contribution in [0.15, 0.2) is 60.7 Å². The highest BCUT2D eigenvalue weighted by Gasteiger charge is 2.28. The van der Waals surface area contributed by atoms with Crippen molar-refractivity contribution in [1.29, 1.82) is 0 Å². The minimum absolute atomic E-state index is 0.444. The first-order valence-corrected chi connectivity index (χ1v) is 7.23. The lowest BCUT2D eigenvalue weighted by Gasteiger charge is -2.21. The lowest BCUT2D eigenvalue weighted by atomic mass is 10.0. The van der Waals surface area contributed by atoms with Crippen molar-refractivity contribution >= 4 is 17.1 Å². The van der Waals surface area contributed by atoms with Gasteiger partial charge >= 0.3 is 5.97 Å². The van der Waals surface area contributed by atoms with Crippen LogP contribution in [0.1, 0.15) is 16.4 Å². The Morgan fingerprint density at radius 3 is 1.74 bits per heavy atom. The van der Waals surface area contributed by atoms with Gasteiger partial charge in [0.05, 0.1) is 0 Å². The van der Waals surface area contributed by atoms with Gasteiger partial charge in [-0.1, -0.05) is 60.7 Å². The van der Waals surface area contributed by atoms with Crippen LogP contribution in [0.25, 0.3) is 0 Å². The lowest BCUT2D eigenvalue weighted by Crippen LogP contribution is -2.22. The van der Waals surface area contributed by atoms with Crippen LogP contribution < -0.4 is 0 Å². The van der Waals surface area contributed by atoms with Gasteiger partial charge in [0.2, 0.25) is 5.75 Å². The summed E-state index contributed by atoms with van der Waals surface area (Å²) < 4.78 is 12.2. The molecule has 0 spiro atoms. The van der Waals surface area contributed by atoms with Crippen LogP contribution in [0.2, 0.25) is 0 Å². The zero-order chi connectivity index (χ0) is 13.7. The standard InChI is InChI=1S/C15H13O3S/c16-14(17)11-19(18)15(12-7-3-1-4-8-12)13-9-5-2-6-10-13/h1-10,15H,11H2. The van der Waals surface area contributed by atoms with Gasteiger partial charge in [0, 0.05) is 11.1 Å². The molecular weight excluding hydrogens is 260 g/mol. The lowest BCUT2D eigenvalue weighted by molar-refractivity contribution is -0.139. The molecule has 0 aromatic heterocycles. The normalized spacial score (nSPS) is 12.3. The maximum absolute atomic E-state index is 12.2. The van der Waals surface area contributed by atoms with E-state index in [4.69, 9.17) is 0 Å². The van der Waals surface area contributed by atoms with E-state index in [0.29, 0.717) is 0 Å². The molecule has 0 amide bonds. The first-order chi connectivity index (χ1) is 9.18. The minimum atomic E-state index is -1.55. The van der Waals surface area contributed by atoms with Gasteiger partial charge < -0.3 is 4.55 Å². The Balaban J connectivity index is 2.37. The molecule has 0 aliphatic carbocycles. The molecule has 0 bridgehead atoms. The summed E-state index contributed by atoms with van der Waals surface area (Å²) in [5.74, 6) is -1.76. The van der Waals surface area contributed by atoms with Gasteiger partial charge in [-0.25, -0.2) is 9.90 Å². The summed E-state index contributed by atoms with van der Waals surface area (Å²) in [6.45, 7) is 0. The van der Waals surface area contributed by atoms with Gasteiger partial charge in [0.25, 0.3) is 0 Å². The van der Waals surface area contributed by atoms with Crippen molar-refractivity contribution in [2.24, 2.45) is 0 Å². The fourth-order valence-electron chi connectivity index (χ4n) is 1.95. The summed E-state index contributed by atoms with van der Waals surface area (Å²) in [6.07, 6.45) is 0. The quantitative estimate of drug-likeness (QED) is 0.786. The Hall–Kier alpha value is -1.78. The molecule has 0 aliphatic heterocycles. The van der Waals surface area contributed by atoms with Crippen LogP contribution in [0.3, 0.4) is 0 Å². The van der Waals surface area contributed by atoms with E-state index < -0.39 is 28.1 Å². The zero-order valence-corrected chi connectivity index (χ0v) is 11.0. The molecular formula is C15H13O3S. The summed E-state index contributed by atoms with van der Waals surface area (Å²) in [6, 6.07) is 18.5. The summed E-state index contributed by atoms with van der Waals surface area (Å²) in [4.78, 5) is 10.7. The number of carbonyl (C=O) groups is 1. The van der Waals surface area contributed by atoms with Crippen molar-refractivity contribution in [3.05, 3.63) is 71.8 Å². The molecule has 2 rings (SSSR count). The van der Waals surface area contributed by atoms with Gasteiger partial charge in [-0.3, -0.25) is 0 Å². The smallest absolute Gasteiger partial charge is 0.404 e. The van der Waals surface area contributed by atoms with Gasteiger partial charge in [0.1, 0.15) is 0 Å². The molecule has 1 unspecified atom stereocenters. The molecule has 19 heavy (non-hydrogen) atoms. The van der Waals surface area contributed by atoms with Crippen molar-refractivity contribution in [3.8, 4) is 0 Å². The number of benzene rings is 2. The Bertz CT molecular complexity index is 488. The zero-order valence-electron chi connectivity index (χ0n) is 10.2. The average Bonchev–Trinajstić information content (AvgIpc) is 2.40. The summed E-state index contributed by atoms with van der Waals surface area (Å²) in [7, 11) is 0. The van der Waals surface area contributed by atoms with Crippen LogP contribution in [0.4, 0.5) is 0 Å². The number of hydrogen-bond donors (Lipinski definition) is 0. The molecule has 4 heteroatoms. The minimum Gasteiger partial charge on any atom is -0.615 e. The van der Waals surface area contributed by atoms with E-state index in [0.717, 1.165) is 11.1 Å². The molecule has 1 atom stereocenters. The molecule has 0 heterocycles. The van der Waals surface area contributed by atoms with Crippen LogP contribution in [-0.4, -0.2) is 16.3 Å². The van der Waals surface area contributed by atoms with Crippen molar-refractivity contribution in [1.82, 2.24) is 0 Å². The van der Waals surface area contributed by atoms with Crippen LogP contribution in [0.5, 0.6) is 0 Å². The number of carbonyl (C=O) groups excluding carboxylic acids is 1. The van der Waals surface area contributed by atoms with E-state index in [1.54, 1.807) is 0 Å². The van der Waals surface area contributed by atoms with E-state index >= 15 is 0 Å². The molecule has 2 aromatic carbocycles. The van der Waals surface area contributed by atoms with Crippen molar-refractivity contribution in [3.63, 3.8) is 0 Å². The third-order valence-corrected chi connectivity index (χ3v) is 4.32. The highest BCUT2D eigenvalue weighted by atomic mass is 32.2. The van der Waals surface area contributed by atoms with Gasteiger partial charge in [-0.05, 0) is 11.2 Å². The third kappa shape index (κ3) is 3.59. The van der Waals surface area contributed by atoms with E-state index in [-0.39, 0.29) is 0 Å². The van der Waals surface area contributed by atoms with Crippen molar-refractivity contribution in [2.75, 3.05) is 5.75 Å². The molecule has 1 radical (unpaired) electrons. The predicted octanol–water partition coefficient (Wildman–Crippen LogP) is 2.48. The largest absolute Gasteiger partial charge is 0.615 e. The maximum Gasteiger partial charge on any atom is 0.404 e. The molecule has 0 aliphatic rings. The fourth-order valence-corrected chi connectivity index (χ4v) is 3.27. The number of rotatable bonds is 5. The SMILES string of the molecule is [O]C(=O)C[S+]([O-])C(c1ccccc1)c1ccccc1. The second-order valence-electron chi connectivity index (χ2n) is 4.10. The highest BCUT2D eigenvalue weighted by Crippen LogP contribution is 2.30. The molecule has 0 saturated carbocycles. The summed E-state index contributed by atoms with van der Waals surface area (Å²) in [5, 5.41) is 10.2. The van der Waals surface area contributed by atoms with Gasteiger partial charge in [-0.15, -0.1) is 0 Å². The fraction of sp³-hybridized carbons (Fsp3) is 0.133. The van der Waals surface area contributed by atoms with Crippen LogP contribution >= 0.6 is 0 Å². The van der Waals surface area contributed by atoms with E-state index in [9.17, 15) is 14.5 Å². The Morgan fingerprint density at radius 2 is 1.37 bits per heavy atom. The molecule has 0 saturated heterocycles. The van der Waals surface area contributed by atoms with E-state index in [1.165, 1.54) is 0 Å². The molecule has 3 nitrogen and oxygen atoms in total. The highest BCUT2D eigenvalue weighted by molar-refractivity contribution is 7.92.